The fourth-order valence-corrected chi connectivity index (χ4v) is 2.13. The molecule has 0 aromatic heterocycles. The molecule has 0 saturated heterocycles. The Morgan fingerprint density at radius 2 is 2.25 bits per heavy atom. The molecule has 1 aliphatic carbocycles. The second-order valence-electron chi connectivity index (χ2n) is 4.71. The van der Waals surface area contributed by atoms with Gasteiger partial charge in [-0.2, -0.15) is 11.8 Å². The molecule has 0 aliphatic heterocycles. The van der Waals surface area contributed by atoms with Gasteiger partial charge in [0.1, 0.15) is 0 Å². The summed E-state index contributed by atoms with van der Waals surface area (Å²) in [6.07, 6.45) is 5.85. The van der Waals surface area contributed by atoms with E-state index in [4.69, 9.17) is 0 Å². The normalized spacial score (nSPS) is 17.2. The Labute approximate surface area is 103 Å². The van der Waals surface area contributed by atoms with Crippen molar-refractivity contribution in [2.75, 3.05) is 32.1 Å². The molecule has 0 aromatic carbocycles. The Morgan fingerprint density at radius 1 is 1.56 bits per heavy atom. The smallest absolute Gasteiger partial charge is 0.236 e. The van der Waals surface area contributed by atoms with Crippen molar-refractivity contribution in [1.29, 1.82) is 0 Å². The molecule has 1 atom stereocenters. The van der Waals surface area contributed by atoms with Crippen LogP contribution in [0.2, 0.25) is 0 Å². The fraction of sp³-hybridized carbons (Fsp3) is 0.917. The number of rotatable bonds is 8. The number of thioether (sulfide) groups is 1. The van der Waals surface area contributed by atoms with E-state index < -0.39 is 0 Å². The molecule has 1 aliphatic rings. The van der Waals surface area contributed by atoms with Crippen molar-refractivity contribution in [2.24, 2.45) is 5.92 Å². The van der Waals surface area contributed by atoms with Crippen molar-refractivity contribution in [2.45, 2.75) is 32.2 Å². The van der Waals surface area contributed by atoms with Crippen molar-refractivity contribution < 1.29 is 4.79 Å². The highest BCUT2D eigenvalue weighted by molar-refractivity contribution is 7.98. The maximum Gasteiger partial charge on any atom is 0.236 e. The van der Waals surface area contributed by atoms with E-state index in [9.17, 15) is 4.79 Å². The van der Waals surface area contributed by atoms with E-state index in [1.54, 1.807) is 0 Å². The summed E-state index contributed by atoms with van der Waals surface area (Å²) < 4.78 is 0. The van der Waals surface area contributed by atoms with Gasteiger partial charge in [-0.3, -0.25) is 4.79 Å². The summed E-state index contributed by atoms with van der Waals surface area (Å²) in [5, 5.41) is 3.24. The molecular formula is C12H24N2OS. The Balaban J connectivity index is 2.11. The topological polar surface area (TPSA) is 32.3 Å². The maximum atomic E-state index is 11.8. The van der Waals surface area contributed by atoms with Gasteiger partial charge in [0.15, 0.2) is 0 Å². The number of nitrogens with zero attached hydrogens (tertiary/aromatic N) is 1. The van der Waals surface area contributed by atoms with Gasteiger partial charge in [0, 0.05) is 13.1 Å². The van der Waals surface area contributed by atoms with Gasteiger partial charge >= 0.3 is 0 Å². The molecule has 1 saturated carbocycles. The van der Waals surface area contributed by atoms with E-state index in [2.05, 4.69) is 18.5 Å². The summed E-state index contributed by atoms with van der Waals surface area (Å²) in [4.78, 5) is 13.7. The third kappa shape index (κ3) is 5.21. The van der Waals surface area contributed by atoms with Crippen LogP contribution in [0.5, 0.6) is 0 Å². The van der Waals surface area contributed by atoms with Crippen LogP contribution in [0.1, 0.15) is 26.2 Å². The lowest BCUT2D eigenvalue weighted by atomic mass is 10.2. The number of carbonyl (C=O) groups excluding carboxylic acids is 1. The van der Waals surface area contributed by atoms with E-state index in [1.165, 1.54) is 12.8 Å². The van der Waals surface area contributed by atoms with Crippen LogP contribution >= 0.6 is 11.8 Å². The maximum absolute atomic E-state index is 11.8. The first-order valence-electron chi connectivity index (χ1n) is 6.10. The monoisotopic (exact) mass is 244 g/mol. The molecule has 1 amide bonds. The summed E-state index contributed by atoms with van der Waals surface area (Å²) in [5.74, 6) is 2.18. The Morgan fingerprint density at radius 3 is 2.81 bits per heavy atom. The molecule has 0 aromatic rings. The highest BCUT2D eigenvalue weighted by atomic mass is 32.2. The number of nitrogens with one attached hydrogen (secondary N) is 1. The first-order valence-corrected chi connectivity index (χ1v) is 7.49. The minimum Gasteiger partial charge on any atom is -0.342 e. The molecule has 94 valence electrons. The quantitative estimate of drug-likeness (QED) is 0.704. The molecule has 0 heterocycles. The average Bonchev–Trinajstić information content (AvgIpc) is 3.08. The number of carbonyl (C=O) groups is 1. The molecule has 1 unspecified atom stereocenters. The average molecular weight is 244 g/mol. The summed E-state index contributed by atoms with van der Waals surface area (Å²) in [7, 11) is 1.91. The Kier molecular flexibility index (Phi) is 6.21. The van der Waals surface area contributed by atoms with Gasteiger partial charge in [-0.25, -0.2) is 0 Å². The van der Waals surface area contributed by atoms with Crippen LogP contribution in [0.25, 0.3) is 0 Å². The zero-order valence-electron chi connectivity index (χ0n) is 10.7. The predicted octanol–water partition coefficient (Wildman–Crippen LogP) is 1.59. The largest absolute Gasteiger partial charge is 0.342 e. The second-order valence-corrected chi connectivity index (χ2v) is 5.70. The van der Waals surface area contributed by atoms with Gasteiger partial charge in [-0.1, -0.05) is 0 Å². The van der Waals surface area contributed by atoms with E-state index in [0.29, 0.717) is 12.6 Å². The SMILES string of the molecule is CSCCC(C)N(C)C(=O)CNCC1CC1. The molecule has 0 spiro atoms. The summed E-state index contributed by atoms with van der Waals surface area (Å²) in [5.41, 5.74) is 0. The molecule has 4 heteroatoms. The molecule has 0 bridgehead atoms. The van der Waals surface area contributed by atoms with Gasteiger partial charge in [0.25, 0.3) is 0 Å². The molecular weight excluding hydrogens is 220 g/mol. The third-order valence-electron chi connectivity index (χ3n) is 3.20. The third-order valence-corrected chi connectivity index (χ3v) is 3.84. The predicted molar refractivity (Wildman–Crippen MR) is 70.8 cm³/mol. The lowest BCUT2D eigenvalue weighted by Gasteiger charge is -2.25. The molecule has 0 radical (unpaired) electrons. The zero-order chi connectivity index (χ0) is 12.0. The van der Waals surface area contributed by atoms with E-state index >= 15 is 0 Å². The van der Waals surface area contributed by atoms with Crippen LogP contribution in [0, 0.1) is 5.92 Å². The summed E-state index contributed by atoms with van der Waals surface area (Å²) >= 11 is 1.84. The van der Waals surface area contributed by atoms with Crippen molar-refractivity contribution in [3.05, 3.63) is 0 Å². The van der Waals surface area contributed by atoms with Gasteiger partial charge in [0.2, 0.25) is 5.91 Å². The number of hydrogen-bond donors (Lipinski definition) is 1. The van der Waals surface area contributed by atoms with Gasteiger partial charge in [0.05, 0.1) is 6.54 Å². The molecule has 1 fully saturated rings. The lowest BCUT2D eigenvalue weighted by molar-refractivity contribution is -0.130. The highest BCUT2D eigenvalue weighted by Gasteiger charge is 2.21. The van der Waals surface area contributed by atoms with Crippen molar-refractivity contribution in [1.82, 2.24) is 10.2 Å². The number of amides is 1. The van der Waals surface area contributed by atoms with Crippen molar-refractivity contribution in [3.63, 3.8) is 0 Å². The minimum atomic E-state index is 0.217. The lowest BCUT2D eigenvalue weighted by Crippen LogP contribution is -2.41. The Bertz CT molecular complexity index is 219. The van der Waals surface area contributed by atoms with Gasteiger partial charge in [-0.15, -0.1) is 0 Å². The second kappa shape index (κ2) is 7.17. The van der Waals surface area contributed by atoms with Crippen molar-refractivity contribution >= 4 is 17.7 Å². The van der Waals surface area contributed by atoms with Crippen molar-refractivity contribution in [3.8, 4) is 0 Å². The number of likely N-dealkylation sites (N-methyl/N-ethyl adjacent to an activating group) is 1. The summed E-state index contributed by atoms with van der Waals surface area (Å²) in [6, 6.07) is 0.350. The van der Waals surface area contributed by atoms with Crippen LogP contribution in [0.4, 0.5) is 0 Å². The van der Waals surface area contributed by atoms with Gasteiger partial charge < -0.3 is 10.2 Å². The summed E-state index contributed by atoms with van der Waals surface area (Å²) in [6.45, 7) is 3.63. The van der Waals surface area contributed by atoms with Crippen LogP contribution < -0.4 is 5.32 Å². The first-order chi connectivity index (χ1) is 7.65. The zero-order valence-corrected chi connectivity index (χ0v) is 11.5. The Hall–Kier alpha value is -0.220. The standard InChI is InChI=1S/C12H24N2OS/c1-10(6-7-16-3)14(2)12(15)9-13-8-11-4-5-11/h10-11,13H,4-9H2,1-3H3. The van der Waals surface area contributed by atoms with E-state index in [1.807, 2.05) is 23.7 Å². The van der Waals surface area contributed by atoms with E-state index in [0.717, 1.165) is 24.6 Å². The molecule has 3 nitrogen and oxygen atoms in total. The molecule has 1 rings (SSSR count). The van der Waals surface area contributed by atoms with E-state index in [-0.39, 0.29) is 5.91 Å². The number of hydrogen-bond acceptors (Lipinski definition) is 3. The van der Waals surface area contributed by atoms with Crippen LogP contribution in [-0.2, 0) is 4.79 Å². The fourth-order valence-electron chi connectivity index (χ4n) is 1.56. The minimum absolute atomic E-state index is 0.217. The van der Waals surface area contributed by atoms with Gasteiger partial charge in [-0.05, 0) is 50.7 Å². The highest BCUT2D eigenvalue weighted by Crippen LogP contribution is 2.27. The van der Waals surface area contributed by atoms with Crippen LogP contribution in [-0.4, -0.2) is 49.0 Å². The van der Waals surface area contributed by atoms with Crippen LogP contribution in [0.3, 0.4) is 0 Å². The molecule has 1 N–H and O–H groups in total. The first kappa shape index (κ1) is 13.8. The van der Waals surface area contributed by atoms with Crippen LogP contribution in [0.15, 0.2) is 0 Å². The molecule has 16 heavy (non-hydrogen) atoms.